The zero-order valence-corrected chi connectivity index (χ0v) is 19.9. The van der Waals surface area contributed by atoms with E-state index >= 15 is 0 Å². The molecule has 1 N–H and O–H groups in total. The summed E-state index contributed by atoms with van der Waals surface area (Å²) in [6.07, 6.45) is 2.84. The molecule has 8 heteroatoms. The number of aromatic nitrogens is 3. The number of unbranched alkanes of at least 4 members (excludes halogenated alkanes) is 1. The first-order valence-corrected chi connectivity index (χ1v) is 11.9. The van der Waals surface area contributed by atoms with Crippen LogP contribution in [0.5, 0.6) is 11.5 Å². The molecule has 0 radical (unpaired) electrons. The van der Waals surface area contributed by atoms with Crippen molar-refractivity contribution in [1.29, 1.82) is 0 Å². The molecule has 4 aromatic rings. The third-order valence-electron chi connectivity index (χ3n) is 5.38. The van der Waals surface area contributed by atoms with Crippen molar-refractivity contribution >= 4 is 22.2 Å². The van der Waals surface area contributed by atoms with Gasteiger partial charge in [0.25, 0.3) is 5.91 Å². The van der Waals surface area contributed by atoms with Crippen molar-refractivity contribution in [3.63, 3.8) is 0 Å². The molecule has 4 rings (SSSR count). The number of rotatable bonds is 10. The van der Waals surface area contributed by atoms with Gasteiger partial charge in [0, 0.05) is 29.0 Å². The van der Waals surface area contributed by atoms with Crippen LogP contribution in [0, 0.1) is 6.92 Å². The van der Waals surface area contributed by atoms with E-state index in [-0.39, 0.29) is 5.91 Å². The maximum Gasteiger partial charge on any atom is 0.251 e. The highest BCUT2D eigenvalue weighted by atomic mass is 32.1. The normalized spacial score (nSPS) is 11.0. The Morgan fingerprint density at radius 2 is 1.82 bits per heavy atom. The van der Waals surface area contributed by atoms with Gasteiger partial charge in [-0.25, -0.2) is 4.52 Å². The number of nitrogens with zero attached hydrogens (tertiary/aromatic N) is 3. The molecule has 0 atom stereocenters. The van der Waals surface area contributed by atoms with Gasteiger partial charge in [-0.2, -0.15) is 4.98 Å². The Balaban J connectivity index is 1.34. The Morgan fingerprint density at radius 1 is 1.09 bits per heavy atom. The van der Waals surface area contributed by atoms with Crippen LogP contribution < -0.4 is 14.8 Å². The molecule has 33 heavy (non-hydrogen) atoms. The minimum Gasteiger partial charge on any atom is -0.497 e. The summed E-state index contributed by atoms with van der Waals surface area (Å²) in [5, 5.41) is 7.66. The predicted molar refractivity (Wildman–Crippen MR) is 130 cm³/mol. The highest BCUT2D eigenvalue weighted by Gasteiger charge is 2.15. The number of carbonyl (C=O) groups is 1. The highest BCUT2D eigenvalue weighted by Crippen LogP contribution is 2.26. The van der Waals surface area contributed by atoms with Crippen molar-refractivity contribution in [2.24, 2.45) is 0 Å². The number of methoxy groups -OCH3 is 1. The van der Waals surface area contributed by atoms with Gasteiger partial charge in [-0.1, -0.05) is 24.7 Å². The maximum absolute atomic E-state index is 12.5. The maximum atomic E-state index is 12.5. The summed E-state index contributed by atoms with van der Waals surface area (Å²) >= 11 is 1.60. The number of amides is 1. The van der Waals surface area contributed by atoms with E-state index in [0.717, 1.165) is 51.9 Å². The quantitative estimate of drug-likeness (QED) is 0.337. The van der Waals surface area contributed by atoms with Gasteiger partial charge in [0.15, 0.2) is 5.82 Å². The van der Waals surface area contributed by atoms with E-state index in [2.05, 4.69) is 22.3 Å². The summed E-state index contributed by atoms with van der Waals surface area (Å²) in [4.78, 5) is 19.2. The van der Waals surface area contributed by atoms with Crippen molar-refractivity contribution in [2.45, 2.75) is 33.1 Å². The van der Waals surface area contributed by atoms with Crippen LogP contribution in [-0.4, -0.2) is 40.8 Å². The molecule has 0 saturated carbocycles. The smallest absolute Gasteiger partial charge is 0.251 e. The van der Waals surface area contributed by atoms with Gasteiger partial charge < -0.3 is 14.8 Å². The summed E-state index contributed by atoms with van der Waals surface area (Å²) in [6, 6.07) is 15.0. The number of fused-ring (bicyclic) bond motifs is 1. The Kier molecular flexibility index (Phi) is 7.24. The highest BCUT2D eigenvalue weighted by molar-refractivity contribution is 7.17. The molecule has 2 aromatic heterocycles. The molecular weight excluding hydrogens is 436 g/mol. The van der Waals surface area contributed by atoms with Crippen molar-refractivity contribution in [2.75, 3.05) is 20.3 Å². The lowest BCUT2D eigenvalue weighted by atomic mass is 10.2. The largest absolute Gasteiger partial charge is 0.497 e. The third-order valence-corrected chi connectivity index (χ3v) is 6.57. The van der Waals surface area contributed by atoms with Crippen molar-refractivity contribution in [1.82, 2.24) is 19.9 Å². The van der Waals surface area contributed by atoms with Gasteiger partial charge in [0.2, 0.25) is 4.96 Å². The fraction of sp³-hybridized carbons (Fsp3) is 0.320. The molecule has 7 nitrogen and oxygen atoms in total. The Hall–Kier alpha value is -3.39. The van der Waals surface area contributed by atoms with Gasteiger partial charge in [0.1, 0.15) is 11.5 Å². The van der Waals surface area contributed by atoms with E-state index in [0.29, 0.717) is 24.5 Å². The van der Waals surface area contributed by atoms with E-state index in [1.54, 1.807) is 30.6 Å². The summed E-state index contributed by atoms with van der Waals surface area (Å²) in [7, 11) is 1.65. The summed E-state index contributed by atoms with van der Waals surface area (Å²) in [5.41, 5.74) is 2.62. The van der Waals surface area contributed by atoms with Crippen LogP contribution in [-0.2, 0) is 6.42 Å². The lowest BCUT2D eigenvalue weighted by Crippen LogP contribution is -2.25. The number of thiazole rings is 1. The van der Waals surface area contributed by atoms with Crippen molar-refractivity contribution < 1.29 is 14.3 Å². The number of aryl methyl sites for hydroxylation is 1. The second-order valence-electron chi connectivity index (χ2n) is 7.70. The van der Waals surface area contributed by atoms with Gasteiger partial charge in [0.05, 0.1) is 19.4 Å². The predicted octanol–water partition coefficient (Wildman–Crippen LogP) is 4.93. The second-order valence-corrected chi connectivity index (χ2v) is 8.76. The average Bonchev–Trinajstić information content (AvgIpc) is 3.39. The number of nitrogens with one attached hydrogen (secondary N) is 1. The molecule has 0 fully saturated rings. The lowest BCUT2D eigenvalue weighted by molar-refractivity contribution is 0.0954. The topological polar surface area (TPSA) is 77.8 Å². The van der Waals surface area contributed by atoms with Gasteiger partial charge in [-0.3, -0.25) is 4.79 Å². The third kappa shape index (κ3) is 5.34. The van der Waals surface area contributed by atoms with E-state index in [9.17, 15) is 4.79 Å². The minimum atomic E-state index is -0.0889. The van der Waals surface area contributed by atoms with Gasteiger partial charge in [-0.15, -0.1) is 5.10 Å². The SMILES string of the molecule is CCCCOc1ccc(C(=O)NCCc2sc3nc(-c4ccc(OC)cc4)nn3c2C)cc1. The average molecular weight is 465 g/mol. The van der Waals surface area contributed by atoms with Crippen molar-refractivity contribution in [3.05, 3.63) is 64.7 Å². The summed E-state index contributed by atoms with van der Waals surface area (Å²) in [5.74, 6) is 2.19. The molecule has 172 valence electrons. The van der Waals surface area contributed by atoms with Gasteiger partial charge >= 0.3 is 0 Å². The molecule has 0 aliphatic heterocycles. The first-order chi connectivity index (χ1) is 16.1. The Morgan fingerprint density at radius 3 is 2.48 bits per heavy atom. The first-order valence-electron chi connectivity index (χ1n) is 11.1. The fourth-order valence-electron chi connectivity index (χ4n) is 3.41. The molecule has 1 amide bonds. The number of carbonyl (C=O) groups excluding carboxylic acids is 1. The summed E-state index contributed by atoms with van der Waals surface area (Å²) in [6.45, 7) is 5.40. The number of ether oxygens (including phenoxy) is 2. The van der Waals surface area contributed by atoms with Crippen molar-refractivity contribution in [3.8, 4) is 22.9 Å². The molecule has 0 aliphatic carbocycles. The molecule has 0 bridgehead atoms. The number of benzene rings is 2. The van der Waals surface area contributed by atoms with E-state index in [1.807, 2.05) is 47.8 Å². The summed E-state index contributed by atoms with van der Waals surface area (Å²) < 4.78 is 12.7. The monoisotopic (exact) mass is 464 g/mol. The van der Waals surface area contributed by atoms with Crippen LogP contribution in [0.3, 0.4) is 0 Å². The van der Waals surface area contributed by atoms with Crippen LogP contribution in [0.15, 0.2) is 48.5 Å². The van der Waals surface area contributed by atoms with Crippen LogP contribution >= 0.6 is 11.3 Å². The molecular formula is C25H28N4O3S. The zero-order chi connectivity index (χ0) is 23.2. The molecule has 0 spiro atoms. The molecule has 2 heterocycles. The van der Waals surface area contributed by atoms with E-state index in [4.69, 9.17) is 9.47 Å². The molecule has 0 aliphatic rings. The lowest BCUT2D eigenvalue weighted by Gasteiger charge is -2.07. The van der Waals surface area contributed by atoms with Gasteiger partial charge in [-0.05, 0) is 61.9 Å². The Bertz CT molecular complexity index is 1210. The fourth-order valence-corrected chi connectivity index (χ4v) is 4.46. The Labute approximate surface area is 197 Å². The van der Waals surface area contributed by atoms with Crippen LogP contribution in [0.25, 0.3) is 16.3 Å². The minimum absolute atomic E-state index is 0.0889. The van der Waals surface area contributed by atoms with E-state index < -0.39 is 0 Å². The number of hydrogen-bond donors (Lipinski definition) is 1. The molecule has 0 unspecified atom stereocenters. The number of hydrogen-bond acceptors (Lipinski definition) is 6. The van der Waals surface area contributed by atoms with Crippen LogP contribution in [0.1, 0.15) is 40.7 Å². The first kappa shape index (κ1) is 22.8. The molecule has 0 saturated heterocycles. The van der Waals surface area contributed by atoms with E-state index in [1.165, 1.54) is 0 Å². The van der Waals surface area contributed by atoms with Crippen LogP contribution in [0.4, 0.5) is 0 Å². The molecule has 2 aromatic carbocycles. The second kappa shape index (κ2) is 10.5. The standard InChI is InChI=1S/C25H28N4O3S/c1-4-5-16-32-21-12-8-19(9-13-21)24(30)26-15-14-22-17(2)29-25(33-22)27-23(28-29)18-6-10-20(31-3)11-7-18/h6-13H,4-5,14-16H2,1-3H3,(H,26,30). The zero-order valence-electron chi connectivity index (χ0n) is 19.1. The van der Waals surface area contributed by atoms with Crippen LogP contribution in [0.2, 0.25) is 0 Å².